The molecule has 0 amide bonds. The molecule has 1 unspecified atom stereocenters. The number of anilines is 1. The Balaban J connectivity index is 0.000000660. The highest BCUT2D eigenvalue weighted by Gasteiger charge is 2.25. The van der Waals surface area contributed by atoms with Crippen molar-refractivity contribution in [2.45, 2.75) is 78.8 Å². The molecule has 2 fully saturated rings. The fourth-order valence-electron chi connectivity index (χ4n) is 3.56. The van der Waals surface area contributed by atoms with Crippen molar-refractivity contribution in [2.75, 3.05) is 18.0 Å². The molecular weight excluding hydrogens is 344 g/mol. The van der Waals surface area contributed by atoms with Gasteiger partial charge in [-0.25, -0.2) is 0 Å². The largest absolute Gasteiger partial charge is 0.369 e. The maximum Gasteiger partial charge on any atom is 0.0553 e. The topological polar surface area (TPSA) is 41.0 Å². The minimum absolute atomic E-state index is 0.537. The van der Waals surface area contributed by atoms with Crippen molar-refractivity contribution in [1.82, 2.24) is 15.3 Å². The van der Waals surface area contributed by atoms with E-state index in [1.807, 2.05) is 40.8 Å². The summed E-state index contributed by atoms with van der Waals surface area (Å²) in [4.78, 5) is 11.4. The number of piperidine rings is 1. The van der Waals surface area contributed by atoms with Crippen LogP contribution in [-0.2, 0) is 6.54 Å². The van der Waals surface area contributed by atoms with E-state index in [0.717, 1.165) is 31.2 Å². The van der Waals surface area contributed by atoms with Crippen LogP contribution in [0.5, 0.6) is 0 Å². The lowest BCUT2D eigenvalue weighted by atomic mass is 10.0. The lowest BCUT2D eigenvalue weighted by Gasteiger charge is -2.34. The molecule has 4 rings (SSSR count). The van der Waals surface area contributed by atoms with Crippen LogP contribution < -0.4 is 10.2 Å². The maximum absolute atomic E-state index is 4.68. The molecule has 0 aromatic carbocycles. The van der Waals surface area contributed by atoms with E-state index in [2.05, 4.69) is 50.6 Å². The Labute approximate surface area is 171 Å². The Bertz CT molecular complexity index is 679. The zero-order valence-corrected chi connectivity index (χ0v) is 18.4. The monoisotopic (exact) mass is 382 g/mol. The highest BCUT2D eigenvalue weighted by molar-refractivity contribution is 5.45. The standard InChI is InChI=1S/C20H26N4.2C2H6/c1-15-11-16(8-9-21-15)12-22-18-3-2-10-24(14-18)19-6-7-20(23-13-19)17-4-5-17;2*1-2/h6-9,11,13,17-18,22H,2-5,10,12,14H2,1H3;2*1-2H3. The van der Waals surface area contributed by atoms with Crippen molar-refractivity contribution in [3.05, 3.63) is 53.6 Å². The Kier molecular flexibility index (Phi) is 9.42. The Morgan fingerprint density at radius 1 is 1.04 bits per heavy atom. The second-order valence-electron chi connectivity index (χ2n) is 7.19. The molecule has 28 heavy (non-hydrogen) atoms. The molecule has 2 aromatic rings. The van der Waals surface area contributed by atoms with Crippen LogP contribution >= 0.6 is 0 Å². The Morgan fingerprint density at radius 2 is 1.82 bits per heavy atom. The quantitative estimate of drug-likeness (QED) is 0.744. The summed E-state index contributed by atoms with van der Waals surface area (Å²) in [7, 11) is 0. The molecule has 1 N–H and O–H groups in total. The van der Waals surface area contributed by atoms with Gasteiger partial charge in [0.05, 0.1) is 11.9 Å². The van der Waals surface area contributed by atoms with Gasteiger partial charge < -0.3 is 10.2 Å². The van der Waals surface area contributed by atoms with E-state index in [0.29, 0.717) is 6.04 Å². The summed E-state index contributed by atoms with van der Waals surface area (Å²) in [5.74, 6) is 0.735. The van der Waals surface area contributed by atoms with Crippen molar-refractivity contribution in [3.63, 3.8) is 0 Å². The fraction of sp³-hybridized carbons (Fsp3) is 0.583. The number of rotatable bonds is 5. The summed E-state index contributed by atoms with van der Waals surface area (Å²) in [6.07, 6.45) is 9.08. The van der Waals surface area contributed by atoms with E-state index in [1.165, 1.54) is 42.6 Å². The molecule has 154 valence electrons. The summed E-state index contributed by atoms with van der Waals surface area (Å²) >= 11 is 0. The number of pyridine rings is 2. The van der Waals surface area contributed by atoms with Crippen molar-refractivity contribution < 1.29 is 0 Å². The van der Waals surface area contributed by atoms with E-state index in [4.69, 9.17) is 0 Å². The van der Waals surface area contributed by atoms with Crippen LogP contribution in [-0.4, -0.2) is 29.1 Å². The first-order valence-corrected chi connectivity index (χ1v) is 11.1. The molecule has 0 spiro atoms. The normalized spacial score (nSPS) is 18.5. The predicted molar refractivity (Wildman–Crippen MR) is 120 cm³/mol. The molecule has 0 bridgehead atoms. The van der Waals surface area contributed by atoms with Crippen LogP contribution in [0.2, 0.25) is 0 Å². The summed E-state index contributed by atoms with van der Waals surface area (Å²) < 4.78 is 0. The van der Waals surface area contributed by atoms with E-state index >= 15 is 0 Å². The molecule has 2 aromatic heterocycles. The third kappa shape index (κ3) is 6.59. The molecule has 1 atom stereocenters. The van der Waals surface area contributed by atoms with Gasteiger partial charge in [0.1, 0.15) is 0 Å². The predicted octanol–water partition coefficient (Wildman–Crippen LogP) is 5.47. The first-order chi connectivity index (χ1) is 13.8. The third-order valence-corrected chi connectivity index (χ3v) is 5.11. The van der Waals surface area contributed by atoms with Gasteiger partial charge in [0.25, 0.3) is 0 Å². The van der Waals surface area contributed by atoms with Crippen LogP contribution in [0, 0.1) is 6.92 Å². The van der Waals surface area contributed by atoms with Crippen LogP contribution in [0.4, 0.5) is 5.69 Å². The minimum Gasteiger partial charge on any atom is -0.369 e. The summed E-state index contributed by atoms with van der Waals surface area (Å²) in [6, 6.07) is 9.28. The van der Waals surface area contributed by atoms with E-state index in [-0.39, 0.29) is 0 Å². The van der Waals surface area contributed by atoms with Gasteiger partial charge in [0, 0.05) is 49.2 Å². The van der Waals surface area contributed by atoms with Gasteiger partial charge in [-0.05, 0) is 62.4 Å². The summed E-state index contributed by atoms with van der Waals surface area (Å²) in [5.41, 5.74) is 4.95. The van der Waals surface area contributed by atoms with Crippen molar-refractivity contribution in [3.8, 4) is 0 Å². The molecule has 1 aliphatic carbocycles. The second kappa shape index (κ2) is 11.8. The van der Waals surface area contributed by atoms with Gasteiger partial charge in [-0.1, -0.05) is 27.7 Å². The van der Waals surface area contributed by atoms with Crippen LogP contribution in [0.3, 0.4) is 0 Å². The number of aryl methyl sites for hydroxylation is 1. The molecule has 1 saturated heterocycles. The summed E-state index contributed by atoms with van der Waals surface area (Å²) in [6.45, 7) is 13.2. The SMILES string of the molecule is CC.CC.Cc1cc(CNC2CCCN(c3ccc(C4CC4)nc3)C2)ccn1. The smallest absolute Gasteiger partial charge is 0.0553 e. The molecule has 4 nitrogen and oxygen atoms in total. The lowest BCUT2D eigenvalue weighted by molar-refractivity contribution is 0.421. The van der Waals surface area contributed by atoms with Gasteiger partial charge in [-0.3, -0.25) is 9.97 Å². The summed E-state index contributed by atoms with van der Waals surface area (Å²) in [5, 5.41) is 3.71. The van der Waals surface area contributed by atoms with Gasteiger partial charge in [-0.2, -0.15) is 0 Å². The average molecular weight is 383 g/mol. The van der Waals surface area contributed by atoms with Gasteiger partial charge in [0.15, 0.2) is 0 Å². The van der Waals surface area contributed by atoms with Crippen molar-refractivity contribution >= 4 is 5.69 Å². The van der Waals surface area contributed by atoms with Crippen LogP contribution in [0.1, 0.15) is 76.2 Å². The van der Waals surface area contributed by atoms with E-state index < -0.39 is 0 Å². The Morgan fingerprint density at radius 3 is 2.46 bits per heavy atom. The second-order valence-corrected chi connectivity index (χ2v) is 7.19. The number of hydrogen-bond donors (Lipinski definition) is 1. The minimum atomic E-state index is 0.537. The highest BCUT2D eigenvalue weighted by Crippen LogP contribution is 2.39. The zero-order valence-electron chi connectivity index (χ0n) is 18.4. The van der Waals surface area contributed by atoms with Crippen molar-refractivity contribution in [2.24, 2.45) is 0 Å². The molecule has 2 aliphatic rings. The van der Waals surface area contributed by atoms with Crippen molar-refractivity contribution in [1.29, 1.82) is 0 Å². The van der Waals surface area contributed by atoms with Gasteiger partial charge in [0.2, 0.25) is 0 Å². The lowest BCUT2D eigenvalue weighted by Crippen LogP contribution is -2.45. The molecule has 3 heterocycles. The zero-order chi connectivity index (χ0) is 20.4. The molecule has 1 saturated carbocycles. The number of nitrogens with zero attached hydrogens (tertiary/aromatic N) is 3. The number of hydrogen-bond acceptors (Lipinski definition) is 4. The highest BCUT2D eigenvalue weighted by atomic mass is 15.2. The molecular formula is C24H38N4. The van der Waals surface area contributed by atoms with Crippen LogP contribution in [0.25, 0.3) is 0 Å². The number of aromatic nitrogens is 2. The van der Waals surface area contributed by atoms with Crippen LogP contribution in [0.15, 0.2) is 36.7 Å². The number of nitrogens with one attached hydrogen (secondary N) is 1. The molecule has 4 heteroatoms. The molecule has 0 radical (unpaired) electrons. The molecule has 1 aliphatic heterocycles. The average Bonchev–Trinajstić information content (AvgIpc) is 3.61. The van der Waals surface area contributed by atoms with E-state index in [9.17, 15) is 0 Å². The first kappa shape index (κ1) is 22.4. The fourth-order valence-corrected chi connectivity index (χ4v) is 3.56. The maximum atomic E-state index is 4.68. The van der Waals surface area contributed by atoms with Gasteiger partial charge in [-0.15, -0.1) is 0 Å². The third-order valence-electron chi connectivity index (χ3n) is 5.11. The van der Waals surface area contributed by atoms with E-state index in [1.54, 1.807) is 0 Å². The first-order valence-electron chi connectivity index (χ1n) is 11.1. The Hall–Kier alpha value is -1.94. The van der Waals surface area contributed by atoms with Gasteiger partial charge >= 0.3 is 0 Å².